The van der Waals surface area contributed by atoms with Crippen molar-refractivity contribution < 1.29 is 9.84 Å². The molecular formula is C11H22O2Si. The van der Waals surface area contributed by atoms with Crippen LogP contribution < -0.4 is 0 Å². The van der Waals surface area contributed by atoms with Crippen LogP contribution in [0.5, 0.6) is 0 Å². The maximum Gasteiger partial charge on any atom is 0.107 e. The average Bonchev–Trinajstić information content (AvgIpc) is 2.76. The molecule has 0 aliphatic carbocycles. The maximum atomic E-state index is 8.79. The zero-order chi connectivity index (χ0) is 10.8. The van der Waals surface area contributed by atoms with Gasteiger partial charge in [-0.25, -0.2) is 0 Å². The highest BCUT2D eigenvalue weighted by Gasteiger charge is 2.37. The van der Waals surface area contributed by atoms with Gasteiger partial charge in [-0.05, 0) is 18.9 Å². The van der Waals surface area contributed by atoms with E-state index in [0.29, 0.717) is 6.10 Å². The standard InChI is InChI=1S/C11H22O2Si/c1-9(8-14(2,3)4)5-6-10-11(7-12)13-10/h10-12H,1,5-8H2,2-4H3/t10-,11-/m0/s1. The second kappa shape index (κ2) is 4.60. The molecule has 1 fully saturated rings. The van der Waals surface area contributed by atoms with E-state index in [1.54, 1.807) is 0 Å². The van der Waals surface area contributed by atoms with Gasteiger partial charge < -0.3 is 9.84 Å². The number of rotatable bonds is 6. The number of hydrogen-bond acceptors (Lipinski definition) is 2. The lowest BCUT2D eigenvalue weighted by atomic mass is 10.1. The van der Waals surface area contributed by atoms with Crippen LogP contribution >= 0.6 is 0 Å². The highest BCUT2D eigenvalue weighted by molar-refractivity contribution is 6.76. The van der Waals surface area contributed by atoms with E-state index in [1.165, 1.54) is 11.6 Å². The summed E-state index contributed by atoms with van der Waals surface area (Å²) in [5, 5.41) is 8.79. The van der Waals surface area contributed by atoms with Gasteiger partial charge in [-0.1, -0.05) is 25.2 Å². The number of allylic oxidation sites excluding steroid dienone is 1. The first kappa shape index (κ1) is 11.9. The highest BCUT2D eigenvalue weighted by Crippen LogP contribution is 2.28. The molecule has 0 spiro atoms. The Balaban J connectivity index is 2.10. The molecular weight excluding hydrogens is 192 g/mol. The molecule has 0 radical (unpaired) electrons. The molecule has 0 bridgehead atoms. The summed E-state index contributed by atoms with van der Waals surface area (Å²) in [6.07, 6.45) is 2.52. The van der Waals surface area contributed by atoms with Crippen LogP contribution in [-0.2, 0) is 4.74 Å². The van der Waals surface area contributed by atoms with Gasteiger partial charge in [-0.15, -0.1) is 6.58 Å². The van der Waals surface area contributed by atoms with E-state index in [-0.39, 0.29) is 12.7 Å². The Morgan fingerprint density at radius 2 is 2.00 bits per heavy atom. The van der Waals surface area contributed by atoms with Gasteiger partial charge >= 0.3 is 0 Å². The average molecular weight is 214 g/mol. The third kappa shape index (κ3) is 4.40. The molecule has 1 N–H and O–H groups in total. The summed E-state index contributed by atoms with van der Waals surface area (Å²) in [7, 11) is -0.987. The lowest BCUT2D eigenvalue weighted by Gasteiger charge is -2.17. The number of epoxide rings is 1. The van der Waals surface area contributed by atoms with E-state index in [4.69, 9.17) is 9.84 Å². The molecule has 0 aromatic carbocycles. The number of hydrogen-bond donors (Lipinski definition) is 1. The van der Waals surface area contributed by atoms with Gasteiger partial charge in [-0.3, -0.25) is 0 Å². The summed E-state index contributed by atoms with van der Waals surface area (Å²) in [6.45, 7) is 11.4. The van der Waals surface area contributed by atoms with Crippen LogP contribution in [-0.4, -0.2) is 32.0 Å². The van der Waals surface area contributed by atoms with Crippen LogP contribution in [0.25, 0.3) is 0 Å². The lowest BCUT2D eigenvalue weighted by molar-refractivity contribution is 0.241. The second-order valence-electron chi connectivity index (χ2n) is 5.42. The zero-order valence-corrected chi connectivity index (χ0v) is 10.5. The molecule has 0 unspecified atom stereocenters. The van der Waals surface area contributed by atoms with Crippen LogP contribution in [0.4, 0.5) is 0 Å². The van der Waals surface area contributed by atoms with Crippen molar-refractivity contribution in [2.45, 2.75) is 50.7 Å². The van der Waals surface area contributed by atoms with Crippen molar-refractivity contribution in [3.63, 3.8) is 0 Å². The zero-order valence-electron chi connectivity index (χ0n) is 9.55. The predicted octanol–water partition coefficient (Wildman–Crippen LogP) is 2.42. The van der Waals surface area contributed by atoms with Gasteiger partial charge in [0.1, 0.15) is 6.10 Å². The first-order chi connectivity index (χ1) is 6.42. The fourth-order valence-corrected chi connectivity index (χ4v) is 3.46. The normalized spacial score (nSPS) is 26.3. The summed E-state index contributed by atoms with van der Waals surface area (Å²) in [5.41, 5.74) is 1.36. The Morgan fingerprint density at radius 1 is 1.36 bits per heavy atom. The van der Waals surface area contributed by atoms with E-state index in [2.05, 4.69) is 26.2 Å². The monoisotopic (exact) mass is 214 g/mol. The van der Waals surface area contributed by atoms with Crippen molar-refractivity contribution in [1.29, 1.82) is 0 Å². The van der Waals surface area contributed by atoms with E-state index >= 15 is 0 Å². The Hall–Kier alpha value is -0.123. The molecule has 0 saturated carbocycles. The van der Waals surface area contributed by atoms with Crippen molar-refractivity contribution in [3.05, 3.63) is 12.2 Å². The molecule has 3 heteroatoms. The number of ether oxygens (including phenoxy) is 1. The Kier molecular flexibility index (Phi) is 3.92. The summed E-state index contributed by atoms with van der Waals surface area (Å²) >= 11 is 0. The van der Waals surface area contributed by atoms with Crippen LogP contribution in [0, 0.1) is 0 Å². The topological polar surface area (TPSA) is 32.8 Å². The number of aliphatic hydroxyl groups is 1. The molecule has 2 nitrogen and oxygen atoms in total. The van der Waals surface area contributed by atoms with Crippen molar-refractivity contribution in [2.24, 2.45) is 0 Å². The Bertz CT molecular complexity index is 208. The minimum absolute atomic E-state index is 0.120. The predicted molar refractivity (Wildman–Crippen MR) is 62.3 cm³/mol. The van der Waals surface area contributed by atoms with Crippen LogP contribution in [0.1, 0.15) is 12.8 Å². The van der Waals surface area contributed by atoms with Crippen molar-refractivity contribution in [3.8, 4) is 0 Å². The summed E-state index contributed by atoms with van der Waals surface area (Å²) in [5.74, 6) is 0. The van der Waals surface area contributed by atoms with Gasteiger partial charge in [0.05, 0.1) is 12.7 Å². The molecule has 1 heterocycles. The van der Waals surface area contributed by atoms with Gasteiger partial charge in [0.15, 0.2) is 0 Å². The smallest absolute Gasteiger partial charge is 0.107 e. The van der Waals surface area contributed by atoms with Gasteiger partial charge in [0, 0.05) is 8.07 Å². The molecule has 14 heavy (non-hydrogen) atoms. The first-order valence-corrected chi connectivity index (χ1v) is 9.06. The van der Waals surface area contributed by atoms with Gasteiger partial charge in [0.25, 0.3) is 0 Å². The minimum Gasteiger partial charge on any atom is -0.394 e. The number of aliphatic hydroxyl groups excluding tert-OH is 1. The van der Waals surface area contributed by atoms with E-state index < -0.39 is 8.07 Å². The maximum absolute atomic E-state index is 8.79. The molecule has 82 valence electrons. The molecule has 1 rings (SSSR count). The van der Waals surface area contributed by atoms with Gasteiger partial charge in [-0.2, -0.15) is 0 Å². The molecule has 0 aromatic heterocycles. The lowest BCUT2D eigenvalue weighted by Crippen LogP contribution is -2.19. The summed E-state index contributed by atoms with van der Waals surface area (Å²) in [6, 6.07) is 1.21. The second-order valence-corrected chi connectivity index (χ2v) is 10.9. The van der Waals surface area contributed by atoms with E-state index in [9.17, 15) is 0 Å². The largest absolute Gasteiger partial charge is 0.394 e. The summed E-state index contributed by atoms with van der Waals surface area (Å²) < 4.78 is 5.27. The minimum atomic E-state index is -0.987. The fraction of sp³-hybridized carbons (Fsp3) is 0.818. The molecule has 1 aliphatic rings. The summed E-state index contributed by atoms with van der Waals surface area (Å²) in [4.78, 5) is 0. The third-order valence-electron chi connectivity index (χ3n) is 2.43. The molecule has 0 aromatic rings. The fourth-order valence-electron chi connectivity index (χ4n) is 1.78. The highest BCUT2D eigenvalue weighted by atomic mass is 28.3. The molecule has 2 atom stereocenters. The van der Waals surface area contributed by atoms with Crippen LogP contribution in [0.3, 0.4) is 0 Å². The Labute approximate surface area is 88.0 Å². The molecule has 1 saturated heterocycles. The van der Waals surface area contributed by atoms with Gasteiger partial charge in [0.2, 0.25) is 0 Å². The molecule has 0 amide bonds. The van der Waals surface area contributed by atoms with Crippen molar-refractivity contribution in [1.82, 2.24) is 0 Å². The van der Waals surface area contributed by atoms with E-state index in [0.717, 1.165) is 12.8 Å². The SMILES string of the molecule is C=C(CC[C@@H]1O[C@H]1CO)C[Si](C)(C)C. The van der Waals surface area contributed by atoms with Crippen LogP contribution in [0.15, 0.2) is 12.2 Å². The molecule has 1 aliphatic heterocycles. The van der Waals surface area contributed by atoms with Crippen molar-refractivity contribution in [2.75, 3.05) is 6.61 Å². The first-order valence-electron chi connectivity index (χ1n) is 5.35. The quantitative estimate of drug-likeness (QED) is 0.418. The van der Waals surface area contributed by atoms with Crippen LogP contribution in [0.2, 0.25) is 25.7 Å². The Morgan fingerprint density at radius 3 is 2.43 bits per heavy atom. The van der Waals surface area contributed by atoms with Crippen molar-refractivity contribution >= 4 is 8.07 Å². The van der Waals surface area contributed by atoms with E-state index in [1.807, 2.05) is 0 Å². The third-order valence-corrected chi connectivity index (χ3v) is 3.99.